The molecule has 4 nitrogen and oxygen atoms in total. The third-order valence-corrected chi connectivity index (χ3v) is 4.86. The van der Waals surface area contributed by atoms with Crippen LogP contribution in [0.15, 0.2) is 54.6 Å². The summed E-state index contributed by atoms with van der Waals surface area (Å²) in [4.78, 5) is 14.4. The molecule has 1 saturated heterocycles. The summed E-state index contributed by atoms with van der Waals surface area (Å²) in [5.41, 5.74) is 1.54. The van der Waals surface area contributed by atoms with Gasteiger partial charge in [0.15, 0.2) is 0 Å². The number of aliphatic hydroxyl groups excluding tert-OH is 1. The van der Waals surface area contributed by atoms with Crippen LogP contribution in [0.3, 0.4) is 0 Å². The van der Waals surface area contributed by atoms with Crippen LogP contribution in [0.25, 0.3) is 0 Å². The van der Waals surface area contributed by atoms with E-state index in [1.165, 1.54) is 0 Å². The number of hydrogen-bond donors (Lipinski definition) is 2. The summed E-state index contributed by atoms with van der Waals surface area (Å²) in [6, 6.07) is 16.8. The molecule has 1 fully saturated rings. The van der Waals surface area contributed by atoms with Crippen molar-refractivity contribution in [2.75, 3.05) is 19.6 Å². The lowest BCUT2D eigenvalue weighted by Gasteiger charge is -2.33. The SMILES string of the molecule is O=C(NC1CCN(C[C@H](O)c2cccc(Cl)c2)CC1)c1ccccc1. The predicted molar refractivity (Wildman–Crippen MR) is 99.8 cm³/mol. The number of halogens is 1. The number of nitrogens with one attached hydrogen (secondary N) is 1. The highest BCUT2D eigenvalue weighted by molar-refractivity contribution is 6.30. The third-order valence-electron chi connectivity index (χ3n) is 4.62. The summed E-state index contributed by atoms with van der Waals surface area (Å²) in [7, 11) is 0. The van der Waals surface area contributed by atoms with E-state index in [2.05, 4.69) is 10.2 Å². The van der Waals surface area contributed by atoms with Crippen molar-refractivity contribution in [3.05, 3.63) is 70.7 Å². The Hall–Kier alpha value is -1.88. The largest absolute Gasteiger partial charge is 0.387 e. The topological polar surface area (TPSA) is 52.6 Å². The van der Waals surface area contributed by atoms with Crippen molar-refractivity contribution in [1.29, 1.82) is 0 Å². The van der Waals surface area contributed by atoms with Crippen LogP contribution >= 0.6 is 11.6 Å². The smallest absolute Gasteiger partial charge is 0.251 e. The fourth-order valence-electron chi connectivity index (χ4n) is 3.18. The Morgan fingerprint density at radius 2 is 1.88 bits per heavy atom. The minimum atomic E-state index is -0.547. The molecule has 1 amide bonds. The van der Waals surface area contributed by atoms with Crippen LogP contribution in [0.2, 0.25) is 5.02 Å². The average Bonchev–Trinajstić information content (AvgIpc) is 2.64. The van der Waals surface area contributed by atoms with Gasteiger partial charge in [0.2, 0.25) is 0 Å². The second kappa shape index (κ2) is 8.48. The highest BCUT2D eigenvalue weighted by Crippen LogP contribution is 2.20. The minimum Gasteiger partial charge on any atom is -0.387 e. The molecule has 3 rings (SSSR count). The number of hydrogen-bond acceptors (Lipinski definition) is 3. The van der Waals surface area contributed by atoms with Crippen LogP contribution in [-0.4, -0.2) is 41.6 Å². The van der Waals surface area contributed by atoms with Gasteiger partial charge >= 0.3 is 0 Å². The number of rotatable bonds is 5. The first-order chi connectivity index (χ1) is 12.1. The van der Waals surface area contributed by atoms with E-state index >= 15 is 0 Å². The minimum absolute atomic E-state index is 0.0157. The summed E-state index contributed by atoms with van der Waals surface area (Å²) < 4.78 is 0. The molecule has 1 aliphatic heterocycles. The summed E-state index contributed by atoms with van der Waals surface area (Å²) in [5, 5.41) is 14.1. The Balaban J connectivity index is 1.46. The van der Waals surface area contributed by atoms with Crippen LogP contribution in [0.5, 0.6) is 0 Å². The summed E-state index contributed by atoms with van der Waals surface area (Å²) in [5.74, 6) is -0.0157. The summed E-state index contributed by atoms with van der Waals surface area (Å²) in [6.45, 7) is 2.30. The van der Waals surface area contributed by atoms with Crippen molar-refractivity contribution in [3.63, 3.8) is 0 Å². The molecule has 0 unspecified atom stereocenters. The maximum Gasteiger partial charge on any atom is 0.251 e. The van der Waals surface area contributed by atoms with E-state index in [-0.39, 0.29) is 11.9 Å². The number of likely N-dealkylation sites (tertiary alicyclic amines) is 1. The lowest BCUT2D eigenvalue weighted by Crippen LogP contribution is -2.45. The van der Waals surface area contributed by atoms with Crippen molar-refractivity contribution in [2.24, 2.45) is 0 Å². The molecule has 0 radical (unpaired) electrons. The standard InChI is InChI=1S/C20H23ClN2O2/c21-17-8-4-7-16(13-17)19(24)14-23-11-9-18(10-12-23)22-20(25)15-5-2-1-3-6-15/h1-8,13,18-19,24H,9-12,14H2,(H,22,25)/t19-/m0/s1. The quantitative estimate of drug-likeness (QED) is 0.862. The number of β-amino-alcohol motifs (C(OH)–C–C–N with tert-alkyl or cyclic N) is 1. The molecule has 25 heavy (non-hydrogen) atoms. The highest BCUT2D eigenvalue weighted by atomic mass is 35.5. The highest BCUT2D eigenvalue weighted by Gasteiger charge is 2.23. The number of nitrogens with zero attached hydrogens (tertiary/aromatic N) is 1. The van der Waals surface area contributed by atoms with E-state index in [1.54, 1.807) is 12.1 Å². The normalized spacial score (nSPS) is 17.2. The summed E-state index contributed by atoms with van der Waals surface area (Å²) in [6.07, 6.45) is 1.23. The molecule has 132 valence electrons. The zero-order chi connectivity index (χ0) is 17.6. The van der Waals surface area contributed by atoms with Crippen LogP contribution in [0.4, 0.5) is 0 Å². The molecule has 0 bridgehead atoms. The summed E-state index contributed by atoms with van der Waals surface area (Å²) >= 11 is 5.98. The van der Waals surface area contributed by atoms with Crippen LogP contribution < -0.4 is 5.32 Å². The Bertz CT molecular complexity index is 700. The first-order valence-corrected chi connectivity index (χ1v) is 9.01. The van der Waals surface area contributed by atoms with Crippen molar-refractivity contribution in [2.45, 2.75) is 25.0 Å². The fraction of sp³-hybridized carbons (Fsp3) is 0.350. The van der Waals surface area contributed by atoms with E-state index in [1.807, 2.05) is 42.5 Å². The molecular weight excluding hydrogens is 336 g/mol. The first kappa shape index (κ1) is 17.9. The Kier molecular flexibility index (Phi) is 6.08. The van der Waals surface area contributed by atoms with Gasteiger partial charge in [-0.05, 0) is 42.7 Å². The molecule has 0 aromatic heterocycles. The lowest BCUT2D eigenvalue weighted by atomic mass is 10.0. The van der Waals surface area contributed by atoms with Crippen molar-refractivity contribution >= 4 is 17.5 Å². The van der Waals surface area contributed by atoms with Gasteiger partial charge in [0.25, 0.3) is 5.91 Å². The Morgan fingerprint density at radius 3 is 2.56 bits per heavy atom. The number of amides is 1. The van der Waals surface area contributed by atoms with Gasteiger partial charge in [0.1, 0.15) is 0 Å². The van der Waals surface area contributed by atoms with Gasteiger partial charge in [0.05, 0.1) is 6.10 Å². The third kappa shape index (κ3) is 5.05. The van der Waals surface area contributed by atoms with Gasteiger partial charge < -0.3 is 15.3 Å². The van der Waals surface area contributed by atoms with Crippen molar-refractivity contribution in [3.8, 4) is 0 Å². The van der Waals surface area contributed by atoms with Crippen LogP contribution in [0.1, 0.15) is 34.9 Å². The second-order valence-electron chi connectivity index (χ2n) is 6.49. The molecular formula is C20H23ClN2O2. The maximum absolute atomic E-state index is 12.2. The number of carbonyl (C=O) groups excluding carboxylic acids is 1. The molecule has 1 heterocycles. The molecule has 2 aromatic rings. The van der Waals surface area contributed by atoms with Gasteiger partial charge in [-0.3, -0.25) is 4.79 Å². The molecule has 2 aromatic carbocycles. The molecule has 2 N–H and O–H groups in total. The van der Waals surface area contributed by atoms with E-state index in [0.29, 0.717) is 17.1 Å². The van der Waals surface area contributed by atoms with E-state index < -0.39 is 6.10 Å². The second-order valence-corrected chi connectivity index (χ2v) is 6.92. The monoisotopic (exact) mass is 358 g/mol. The number of carbonyl (C=O) groups is 1. The van der Waals surface area contributed by atoms with Gasteiger partial charge in [-0.15, -0.1) is 0 Å². The molecule has 1 aliphatic rings. The van der Waals surface area contributed by atoms with Gasteiger partial charge in [-0.25, -0.2) is 0 Å². The number of aliphatic hydroxyl groups is 1. The zero-order valence-corrected chi connectivity index (χ0v) is 14.8. The Morgan fingerprint density at radius 1 is 1.16 bits per heavy atom. The molecule has 5 heteroatoms. The maximum atomic E-state index is 12.2. The van der Waals surface area contributed by atoms with E-state index in [9.17, 15) is 9.90 Å². The fourth-order valence-corrected chi connectivity index (χ4v) is 3.38. The lowest BCUT2D eigenvalue weighted by molar-refractivity contribution is 0.0828. The Labute approximate surface area is 153 Å². The van der Waals surface area contributed by atoms with Crippen LogP contribution in [-0.2, 0) is 0 Å². The van der Waals surface area contributed by atoms with E-state index in [4.69, 9.17) is 11.6 Å². The van der Waals surface area contributed by atoms with Gasteiger partial charge in [-0.2, -0.15) is 0 Å². The first-order valence-electron chi connectivity index (χ1n) is 8.63. The van der Waals surface area contributed by atoms with Gasteiger partial charge in [0, 0.05) is 36.3 Å². The molecule has 0 saturated carbocycles. The molecule has 1 atom stereocenters. The zero-order valence-electron chi connectivity index (χ0n) is 14.1. The van der Waals surface area contributed by atoms with Gasteiger partial charge in [-0.1, -0.05) is 41.9 Å². The average molecular weight is 359 g/mol. The van der Waals surface area contributed by atoms with Crippen LogP contribution in [0, 0.1) is 0 Å². The molecule has 0 aliphatic carbocycles. The van der Waals surface area contributed by atoms with Crippen molar-refractivity contribution < 1.29 is 9.90 Å². The predicted octanol–water partition coefficient (Wildman–Crippen LogP) is 3.27. The molecule has 0 spiro atoms. The number of benzene rings is 2. The van der Waals surface area contributed by atoms with E-state index in [0.717, 1.165) is 31.5 Å². The van der Waals surface area contributed by atoms with Crippen molar-refractivity contribution in [1.82, 2.24) is 10.2 Å². The number of piperidine rings is 1.